The minimum absolute atomic E-state index is 0.0979. The summed E-state index contributed by atoms with van der Waals surface area (Å²) >= 11 is 0. The van der Waals surface area contributed by atoms with E-state index in [9.17, 15) is 18.4 Å². The van der Waals surface area contributed by atoms with Crippen molar-refractivity contribution in [3.05, 3.63) is 65.7 Å². The molecule has 0 aliphatic heterocycles. The van der Waals surface area contributed by atoms with E-state index in [1.807, 2.05) is 6.07 Å². The van der Waals surface area contributed by atoms with Crippen molar-refractivity contribution in [1.82, 2.24) is 10.6 Å². The molecule has 0 bridgehead atoms. The molecule has 0 aliphatic rings. The highest BCUT2D eigenvalue weighted by Crippen LogP contribution is 2.15. The maximum atomic E-state index is 12.1. The van der Waals surface area contributed by atoms with Gasteiger partial charge in [-0.15, -0.1) is 0 Å². The molecule has 0 fully saturated rings. The van der Waals surface area contributed by atoms with Crippen molar-refractivity contribution >= 4 is 11.8 Å². The standard InChI is InChI=1S/C20H22F2N2O3/c1-14(24-19(26)16-5-3-2-4-6-16)13-18(25)23-12-11-15-7-9-17(10-8-15)27-20(21)22/h2-10,14,20H,11-13H2,1H3,(H,23,25)(H,24,26). The van der Waals surface area contributed by atoms with Crippen molar-refractivity contribution in [1.29, 1.82) is 0 Å². The maximum absolute atomic E-state index is 12.1. The second-order valence-corrected chi connectivity index (χ2v) is 6.07. The van der Waals surface area contributed by atoms with Crippen LogP contribution >= 0.6 is 0 Å². The Morgan fingerprint density at radius 3 is 2.33 bits per heavy atom. The Kier molecular flexibility index (Phi) is 7.73. The summed E-state index contributed by atoms with van der Waals surface area (Å²) in [5.41, 5.74) is 1.44. The van der Waals surface area contributed by atoms with Crippen molar-refractivity contribution in [3.8, 4) is 5.75 Å². The molecule has 0 heterocycles. The number of halogens is 2. The van der Waals surface area contributed by atoms with Gasteiger partial charge in [-0.05, 0) is 43.2 Å². The van der Waals surface area contributed by atoms with Gasteiger partial charge in [0.15, 0.2) is 0 Å². The van der Waals surface area contributed by atoms with Gasteiger partial charge in [-0.2, -0.15) is 8.78 Å². The highest BCUT2D eigenvalue weighted by atomic mass is 19.3. The van der Waals surface area contributed by atoms with Gasteiger partial charge in [0.05, 0.1) is 0 Å². The van der Waals surface area contributed by atoms with Crippen LogP contribution in [0, 0.1) is 0 Å². The van der Waals surface area contributed by atoms with E-state index >= 15 is 0 Å². The molecule has 2 amide bonds. The molecule has 0 aromatic heterocycles. The van der Waals surface area contributed by atoms with E-state index in [2.05, 4.69) is 15.4 Å². The number of amides is 2. The summed E-state index contributed by atoms with van der Waals surface area (Å²) in [5.74, 6) is -0.295. The predicted molar refractivity (Wildman–Crippen MR) is 97.8 cm³/mol. The van der Waals surface area contributed by atoms with Gasteiger partial charge in [0.25, 0.3) is 5.91 Å². The van der Waals surface area contributed by atoms with Crippen LogP contribution in [0.1, 0.15) is 29.3 Å². The lowest BCUT2D eigenvalue weighted by atomic mass is 10.1. The fourth-order valence-corrected chi connectivity index (χ4v) is 2.48. The molecule has 144 valence electrons. The number of ether oxygens (including phenoxy) is 1. The third kappa shape index (κ3) is 7.43. The quantitative estimate of drug-likeness (QED) is 0.707. The SMILES string of the molecule is CC(CC(=O)NCCc1ccc(OC(F)F)cc1)NC(=O)c1ccccc1. The molecule has 2 N–H and O–H groups in total. The molecular formula is C20H22F2N2O3. The van der Waals surface area contributed by atoms with E-state index in [0.717, 1.165) is 5.56 Å². The zero-order valence-electron chi connectivity index (χ0n) is 15.0. The highest BCUT2D eigenvalue weighted by Gasteiger charge is 2.13. The number of hydrogen-bond acceptors (Lipinski definition) is 3. The normalized spacial score (nSPS) is 11.7. The fraction of sp³-hybridized carbons (Fsp3) is 0.300. The molecule has 27 heavy (non-hydrogen) atoms. The minimum atomic E-state index is -2.85. The summed E-state index contributed by atoms with van der Waals surface area (Å²) in [6, 6.07) is 14.8. The second kappa shape index (κ2) is 10.3. The Morgan fingerprint density at radius 2 is 1.70 bits per heavy atom. The minimum Gasteiger partial charge on any atom is -0.435 e. The molecule has 0 radical (unpaired) electrons. The van der Waals surface area contributed by atoms with Crippen LogP contribution < -0.4 is 15.4 Å². The summed E-state index contributed by atoms with van der Waals surface area (Å²) in [7, 11) is 0. The molecule has 0 spiro atoms. The van der Waals surface area contributed by atoms with Gasteiger partial charge in [-0.3, -0.25) is 9.59 Å². The van der Waals surface area contributed by atoms with E-state index < -0.39 is 6.61 Å². The summed E-state index contributed by atoms with van der Waals surface area (Å²) < 4.78 is 28.5. The molecule has 2 aromatic carbocycles. The van der Waals surface area contributed by atoms with Crippen molar-refractivity contribution in [2.24, 2.45) is 0 Å². The molecule has 2 aromatic rings. The van der Waals surface area contributed by atoms with Crippen LogP contribution in [0.4, 0.5) is 8.78 Å². The summed E-state index contributed by atoms with van der Waals surface area (Å²) in [6.45, 7) is -0.672. The average molecular weight is 376 g/mol. The number of rotatable bonds is 9. The summed E-state index contributed by atoms with van der Waals surface area (Å²) in [6.07, 6.45) is 0.727. The Balaban J connectivity index is 1.69. The number of alkyl halides is 2. The van der Waals surface area contributed by atoms with Crippen molar-refractivity contribution in [2.75, 3.05) is 6.54 Å². The van der Waals surface area contributed by atoms with Gasteiger partial charge < -0.3 is 15.4 Å². The number of carbonyl (C=O) groups is 2. The van der Waals surface area contributed by atoms with Crippen LogP contribution in [-0.4, -0.2) is 31.0 Å². The molecule has 1 unspecified atom stereocenters. The predicted octanol–water partition coefficient (Wildman–Crippen LogP) is 3.16. The second-order valence-electron chi connectivity index (χ2n) is 6.07. The summed E-state index contributed by atoms with van der Waals surface area (Å²) in [4.78, 5) is 24.0. The molecule has 0 saturated carbocycles. The topological polar surface area (TPSA) is 67.4 Å². The lowest BCUT2D eigenvalue weighted by Gasteiger charge is -2.14. The maximum Gasteiger partial charge on any atom is 0.387 e. The van der Waals surface area contributed by atoms with Crippen molar-refractivity contribution in [2.45, 2.75) is 32.4 Å². The van der Waals surface area contributed by atoms with Gasteiger partial charge >= 0.3 is 6.61 Å². The first-order valence-electron chi connectivity index (χ1n) is 8.60. The largest absolute Gasteiger partial charge is 0.435 e. The molecule has 7 heteroatoms. The van der Waals surface area contributed by atoms with Crippen LogP contribution in [0.3, 0.4) is 0 Å². The van der Waals surface area contributed by atoms with Gasteiger partial charge in [-0.1, -0.05) is 30.3 Å². The Morgan fingerprint density at radius 1 is 1.04 bits per heavy atom. The third-order valence-electron chi connectivity index (χ3n) is 3.79. The molecule has 2 rings (SSSR count). The van der Waals surface area contributed by atoms with Gasteiger partial charge in [0.2, 0.25) is 5.91 Å². The third-order valence-corrected chi connectivity index (χ3v) is 3.79. The van der Waals surface area contributed by atoms with Crippen molar-refractivity contribution in [3.63, 3.8) is 0 Å². The zero-order valence-corrected chi connectivity index (χ0v) is 15.0. The number of nitrogens with one attached hydrogen (secondary N) is 2. The fourth-order valence-electron chi connectivity index (χ4n) is 2.48. The molecular weight excluding hydrogens is 354 g/mol. The number of hydrogen-bond donors (Lipinski definition) is 2. The van der Waals surface area contributed by atoms with Crippen LogP contribution in [0.2, 0.25) is 0 Å². The first-order valence-corrected chi connectivity index (χ1v) is 8.60. The molecule has 0 saturated heterocycles. The molecule has 0 aliphatic carbocycles. The smallest absolute Gasteiger partial charge is 0.387 e. The lowest BCUT2D eigenvalue weighted by molar-refractivity contribution is -0.121. The van der Waals surface area contributed by atoms with Crippen molar-refractivity contribution < 1.29 is 23.1 Å². The van der Waals surface area contributed by atoms with Crippen LogP contribution in [0.5, 0.6) is 5.75 Å². The lowest BCUT2D eigenvalue weighted by Crippen LogP contribution is -2.37. The van der Waals surface area contributed by atoms with Gasteiger partial charge in [0, 0.05) is 24.6 Å². The Hall–Kier alpha value is -2.96. The van der Waals surface area contributed by atoms with E-state index in [1.54, 1.807) is 43.3 Å². The first kappa shape index (κ1) is 20.4. The Bertz CT molecular complexity index is 737. The van der Waals surface area contributed by atoms with Gasteiger partial charge in [0.1, 0.15) is 5.75 Å². The van der Waals surface area contributed by atoms with E-state index in [1.165, 1.54) is 12.1 Å². The van der Waals surface area contributed by atoms with E-state index in [-0.39, 0.29) is 30.0 Å². The van der Waals surface area contributed by atoms with Crippen LogP contribution in [-0.2, 0) is 11.2 Å². The molecule has 5 nitrogen and oxygen atoms in total. The van der Waals surface area contributed by atoms with Gasteiger partial charge in [-0.25, -0.2) is 0 Å². The van der Waals surface area contributed by atoms with Crippen LogP contribution in [0.25, 0.3) is 0 Å². The highest BCUT2D eigenvalue weighted by molar-refractivity contribution is 5.94. The average Bonchev–Trinajstić information content (AvgIpc) is 2.63. The van der Waals surface area contributed by atoms with Crippen LogP contribution in [0.15, 0.2) is 54.6 Å². The summed E-state index contributed by atoms with van der Waals surface area (Å²) in [5, 5.41) is 5.56. The zero-order chi connectivity index (χ0) is 19.6. The first-order chi connectivity index (χ1) is 12.9. The molecule has 1 atom stereocenters. The van der Waals surface area contributed by atoms with E-state index in [4.69, 9.17) is 0 Å². The van der Waals surface area contributed by atoms with E-state index in [0.29, 0.717) is 18.5 Å². The Labute approximate surface area is 156 Å². The number of benzene rings is 2. The monoisotopic (exact) mass is 376 g/mol. The number of carbonyl (C=O) groups excluding carboxylic acids is 2.